The number of thiophene rings is 1. The first kappa shape index (κ1) is 31.9. The number of nitrogens with zero attached hydrogens (tertiary/aromatic N) is 3. The van der Waals surface area contributed by atoms with Crippen molar-refractivity contribution in [3.63, 3.8) is 0 Å². The fourth-order valence-corrected chi connectivity index (χ4v) is 10.0. The molecule has 0 bridgehead atoms. The molecule has 4 heterocycles. The molecule has 0 radical (unpaired) electrons. The molecule has 3 nitrogen and oxygen atoms in total. The van der Waals surface area contributed by atoms with Gasteiger partial charge in [0, 0.05) is 49.2 Å². The van der Waals surface area contributed by atoms with Gasteiger partial charge in [-0.3, -0.25) is 4.99 Å². The van der Waals surface area contributed by atoms with Crippen molar-refractivity contribution in [1.29, 1.82) is 0 Å². The average molecular weight is 683 g/mol. The smallest absolute Gasteiger partial charge is 0.280 e. The Morgan fingerprint density at radius 2 is 1.53 bits per heavy atom. The molecule has 51 heavy (non-hydrogen) atoms. The predicted molar refractivity (Wildman–Crippen MR) is 218 cm³/mol. The number of benzene rings is 5. The van der Waals surface area contributed by atoms with Crippen molar-refractivity contribution in [2.24, 2.45) is 4.99 Å². The highest BCUT2D eigenvalue weighted by atomic mass is 32.1. The molecule has 0 fully saturated rings. The second kappa shape index (κ2) is 12.3. The van der Waals surface area contributed by atoms with Crippen LogP contribution in [-0.4, -0.2) is 16.3 Å². The summed E-state index contributed by atoms with van der Waals surface area (Å²) in [6, 6.07) is 38.7. The van der Waals surface area contributed by atoms with E-state index in [2.05, 4.69) is 147 Å². The monoisotopic (exact) mass is 682 g/mol. The van der Waals surface area contributed by atoms with Crippen molar-refractivity contribution in [3.05, 3.63) is 150 Å². The molecular weight excluding hydrogens is 639 g/mol. The van der Waals surface area contributed by atoms with Gasteiger partial charge in [-0.05, 0) is 72.2 Å². The Labute approximate surface area is 304 Å². The first-order chi connectivity index (χ1) is 24.8. The van der Waals surface area contributed by atoms with E-state index < -0.39 is 0 Å². The van der Waals surface area contributed by atoms with Gasteiger partial charge in [0.2, 0.25) is 0 Å². The van der Waals surface area contributed by atoms with E-state index >= 15 is 0 Å². The van der Waals surface area contributed by atoms with Crippen LogP contribution in [0.1, 0.15) is 86.1 Å². The number of rotatable bonds is 4. The van der Waals surface area contributed by atoms with E-state index in [1.54, 1.807) is 0 Å². The highest BCUT2D eigenvalue weighted by molar-refractivity contribution is 7.25. The number of para-hydroxylation sites is 3. The summed E-state index contributed by atoms with van der Waals surface area (Å²) >= 11 is 1.91. The number of allylic oxidation sites excluding steroid dienone is 1. The van der Waals surface area contributed by atoms with Crippen LogP contribution in [0.5, 0.6) is 0 Å². The van der Waals surface area contributed by atoms with E-state index in [1.165, 1.54) is 76.1 Å². The second-order valence-corrected chi connectivity index (χ2v) is 16.1. The highest BCUT2D eigenvalue weighted by Gasteiger charge is 2.38. The van der Waals surface area contributed by atoms with E-state index in [4.69, 9.17) is 11.6 Å². The van der Waals surface area contributed by atoms with Gasteiger partial charge in [0.25, 0.3) is 5.82 Å². The number of imidazole rings is 1. The van der Waals surface area contributed by atoms with Crippen molar-refractivity contribution in [3.8, 4) is 17.1 Å². The van der Waals surface area contributed by atoms with Gasteiger partial charge in [-0.15, -0.1) is 11.3 Å². The number of aromatic nitrogens is 2. The predicted octanol–water partition coefficient (Wildman–Crippen LogP) is 12.1. The molecule has 9 rings (SSSR count). The first-order valence-electron chi connectivity index (χ1n) is 18.4. The standard InChI is InChI=1S/C47H44N3S/c1-7-40-35-16-9-8-15-34(35)36-24-23-31-26-45-39(37-17-10-13-22-44(37)51-45)27-38(31)47-49(30(6)25-41(36)48-40)42-20-11-12-21-43(42)50(47)46-32(28(2)3)18-14-19-33(46)29(4)5/h7-22,26-29,36,41H,1,6,23-25H2,2-5H3/q+1. The van der Waals surface area contributed by atoms with Gasteiger partial charge in [-0.25, -0.2) is 0 Å². The van der Waals surface area contributed by atoms with Crippen LogP contribution in [0.2, 0.25) is 0 Å². The lowest BCUT2D eigenvalue weighted by Gasteiger charge is -2.32. The third kappa shape index (κ3) is 4.98. The van der Waals surface area contributed by atoms with Gasteiger partial charge in [-0.1, -0.05) is 114 Å². The molecule has 2 unspecified atom stereocenters. The molecule has 4 heteroatoms. The Balaban J connectivity index is 1.42. The lowest BCUT2D eigenvalue weighted by atomic mass is 9.78. The molecule has 252 valence electrons. The molecule has 0 N–H and O–H groups in total. The maximum absolute atomic E-state index is 5.43. The number of fused-ring (bicyclic) bond motifs is 11. The Bertz CT molecular complexity index is 2550. The lowest BCUT2D eigenvalue weighted by Crippen LogP contribution is -2.37. The van der Waals surface area contributed by atoms with Gasteiger partial charge < -0.3 is 0 Å². The SMILES string of the molecule is C=CC1=NC2CC(=C)n3c([n+](-c4c(C(C)C)cccc4C(C)C)c4ccccc43)-c3cc4c(cc3CCC2c2ccccc21)sc1ccccc14. The molecule has 7 aromatic rings. The maximum atomic E-state index is 5.43. The minimum absolute atomic E-state index is 0.0617. The Morgan fingerprint density at radius 3 is 2.31 bits per heavy atom. The average Bonchev–Trinajstić information content (AvgIpc) is 3.68. The van der Waals surface area contributed by atoms with Gasteiger partial charge in [0.15, 0.2) is 11.0 Å². The minimum atomic E-state index is 0.0617. The quantitative estimate of drug-likeness (QED) is 0.165. The van der Waals surface area contributed by atoms with Crippen molar-refractivity contribution >= 4 is 54.0 Å². The molecule has 0 aliphatic carbocycles. The summed E-state index contributed by atoms with van der Waals surface area (Å²) in [5.74, 6) is 2.16. The van der Waals surface area contributed by atoms with E-state index in [1.807, 2.05) is 17.4 Å². The molecule has 2 aromatic heterocycles. The summed E-state index contributed by atoms with van der Waals surface area (Å²) < 4.78 is 7.76. The van der Waals surface area contributed by atoms with Crippen LogP contribution < -0.4 is 4.57 Å². The molecule has 0 saturated heterocycles. The summed E-state index contributed by atoms with van der Waals surface area (Å²) in [7, 11) is 0. The fraction of sp³-hybridized carbons (Fsp3) is 0.234. The molecule has 2 aliphatic rings. The number of aryl methyl sites for hydroxylation is 1. The lowest BCUT2D eigenvalue weighted by molar-refractivity contribution is -0.556. The molecule has 2 aliphatic heterocycles. The summed E-state index contributed by atoms with van der Waals surface area (Å²) in [5.41, 5.74) is 13.7. The number of hydrogen-bond acceptors (Lipinski definition) is 2. The maximum Gasteiger partial charge on any atom is 0.300 e. The molecular formula is C47H44N3S+. The normalized spacial score (nSPS) is 17.4. The summed E-state index contributed by atoms with van der Waals surface area (Å²) in [6.07, 6.45) is 4.64. The van der Waals surface area contributed by atoms with E-state index in [-0.39, 0.29) is 12.0 Å². The molecule has 5 aromatic carbocycles. The van der Waals surface area contributed by atoms with Crippen LogP contribution in [-0.2, 0) is 6.42 Å². The topological polar surface area (TPSA) is 21.2 Å². The fourth-order valence-electron chi connectivity index (χ4n) is 8.90. The van der Waals surface area contributed by atoms with Crippen LogP contribution in [0.4, 0.5) is 0 Å². The Kier molecular flexibility index (Phi) is 7.70. The molecule has 0 amide bonds. The Hall–Kier alpha value is -5.06. The van der Waals surface area contributed by atoms with E-state index in [0.29, 0.717) is 11.8 Å². The van der Waals surface area contributed by atoms with Crippen LogP contribution in [0.25, 0.3) is 54.0 Å². The number of hydrogen-bond donors (Lipinski definition) is 0. The van der Waals surface area contributed by atoms with Crippen molar-refractivity contribution < 1.29 is 4.57 Å². The summed E-state index contributed by atoms with van der Waals surface area (Å²) in [6.45, 7) is 18.4. The van der Waals surface area contributed by atoms with Gasteiger partial charge >= 0.3 is 0 Å². The molecule has 2 atom stereocenters. The zero-order valence-corrected chi connectivity index (χ0v) is 30.8. The van der Waals surface area contributed by atoms with E-state index in [9.17, 15) is 0 Å². The third-order valence-electron chi connectivity index (χ3n) is 11.3. The largest absolute Gasteiger partial charge is 0.300 e. The van der Waals surface area contributed by atoms with Gasteiger partial charge in [-0.2, -0.15) is 9.13 Å². The summed E-state index contributed by atoms with van der Waals surface area (Å²) in [5, 5.41) is 2.64. The van der Waals surface area contributed by atoms with Crippen LogP contribution >= 0.6 is 11.3 Å². The van der Waals surface area contributed by atoms with Gasteiger partial charge in [0.1, 0.15) is 11.4 Å². The summed E-state index contributed by atoms with van der Waals surface area (Å²) in [4.78, 5) is 5.43. The second-order valence-electron chi connectivity index (χ2n) is 15.0. The first-order valence-corrected chi connectivity index (χ1v) is 19.3. The third-order valence-corrected chi connectivity index (χ3v) is 12.4. The number of aliphatic imine (C=N–C) groups is 1. The van der Waals surface area contributed by atoms with E-state index in [0.717, 1.165) is 30.7 Å². The molecule has 0 spiro atoms. The van der Waals surface area contributed by atoms with Crippen LogP contribution in [0.3, 0.4) is 0 Å². The van der Waals surface area contributed by atoms with Crippen molar-refractivity contribution in [1.82, 2.24) is 4.57 Å². The van der Waals surface area contributed by atoms with Crippen LogP contribution in [0, 0.1) is 0 Å². The van der Waals surface area contributed by atoms with Gasteiger partial charge in [0.05, 0.1) is 17.3 Å². The highest BCUT2D eigenvalue weighted by Crippen LogP contribution is 2.45. The molecule has 0 saturated carbocycles. The Morgan fingerprint density at radius 1 is 0.804 bits per heavy atom. The van der Waals surface area contributed by atoms with Crippen LogP contribution in [0.15, 0.2) is 127 Å². The minimum Gasteiger partial charge on any atom is -0.280 e. The zero-order valence-electron chi connectivity index (χ0n) is 30.0. The van der Waals surface area contributed by atoms with Crippen molar-refractivity contribution in [2.75, 3.05) is 0 Å². The zero-order chi connectivity index (χ0) is 35.0. The van der Waals surface area contributed by atoms with Crippen molar-refractivity contribution in [2.45, 2.75) is 70.8 Å².